The molecule has 0 bridgehead atoms. The topological polar surface area (TPSA) is 56.7 Å². The van der Waals surface area contributed by atoms with Crippen molar-refractivity contribution in [3.8, 4) is 28.0 Å². The molecule has 0 spiro atoms. The largest absolute Gasteiger partial charge is 0.496 e. The minimum Gasteiger partial charge on any atom is -0.496 e. The number of hydrogen-bond acceptors (Lipinski definition) is 7. The lowest BCUT2D eigenvalue weighted by Crippen LogP contribution is -2.31. The molecule has 7 heteroatoms. The maximum absolute atomic E-state index is 5.59. The molecule has 0 aliphatic carbocycles. The Kier molecular flexibility index (Phi) is 5.45. The molecule has 0 fully saturated rings. The summed E-state index contributed by atoms with van der Waals surface area (Å²) in [5.41, 5.74) is 3.34. The molecule has 0 unspecified atom stereocenters. The minimum atomic E-state index is 0.718. The van der Waals surface area contributed by atoms with E-state index in [0.29, 0.717) is 0 Å². The number of ether oxygens (including phenoxy) is 3. The van der Waals surface area contributed by atoms with Crippen LogP contribution in [0.1, 0.15) is 16.8 Å². The molecule has 28 heavy (non-hydrogen) atoms. The Hall–Kier alpha value is -2.64. The van der Waals surface area contributed by atoms with Crippen molar-refractivity contribution in [3.05, 3.63) is 52.7 Å². The van der Waals surface area contributed by atoms with Crippen molar-refractivity contribution in [3.63, 3.8) is 0 Å². The zero-order valence-corrected chi connectivity index (χ0v) is 17.1. The molecule has 3 aromatic rings. The first-order valence-electron chi connectivity index (χ1n) is 9.11. The standard InChI is InChI=1S/C21H23N3O3S/c1-25-15-9-18(26-2)16(19(10-15)27-3)13-24-7-6-17-14(12-24)11-22-21(23-17)20-5-4-8-28-20/h4-5,8-11H,6-7,12-13H2,1-3H3. The van der Waals surface area contributed by atoms with Gasteiger partial charge >= 0.3 is 0 Å². The van der Waals surface area contributed by atoms with Crippen LogP contribution in [0.5, 0.6) is 17.2 Å². The Balaban J connectivity index is 1.56. The van der Waals surface area contributed by atoms with E-state index in [4.69, 9.17) is 19.2 Å². The van der Waals surface area contributed by atoms with Crippen molar-refractivity contribution >= 4 is 11.3 Å². The summed E-state index contributed by atoms with van der Waals surface area (Å²) < 4.78 is 16.5. The highest BCUT2D eigenvalue weighted by atomic mass is 32.1. The minimum absolute atomic E-state index is 0.718. The summed E-state index contributed by atoms with van der Waals surface area (Å²) in [4.78, 5) is 12.8. The Morgan fingerprint density at radius 3 is 2.54 bits per heavy atom. The fourth-order valence-electron chi connectivity index (χ4n) is 3.49. The quantitative estimate of drug-likeness (QED) is 0.631. The van der Waals surface area contributed by atoms with E-state index in [9.17, 15) is 0 Å². The van der Waals surface area contributed by atoms with E-state index in [1.165, 1.54) is 5.56 Å². The smallest absolute Gasteiger partial charge is 0.169 e. The summed E-state index contributed by atoms with van der Waals surface area (Å²) in [7, 11) is 4.98. The zero-order valence-electron chi connectivity index (χ0n) is 16.3. The second-order valence-corrected chi connectivity index (χ2v) is 7.56. The van der Waals surface area contributed by atoms with Crippen molar-refractivity contribution in [1.82, 2.24) is 14.9 Å². The third kappa shape index (κ3) is 3.68. The Labute approximate surface area is 168 Å². The molecule has 1 aliphatic rings. The van der Waals surface area contributed by atoms with Crippen molar-refractivity contribution in [2.75, 3.05) is 27.9 Å². The first-order valence-corrected chi connectivity index (χ1v) is 9.99. The van der Waals surface area contributed by atoms with Crippen LogP contribution in [-0.4, -0.2) is 42.7 Å². The van der Waals surface area contributed by atoms with Gasteiger partial charge in [-0.25, -0.2) is 9.97 Å². The molecule has 6 nitrogen and oxygen atoms in total. The van der Waals surface area contributed by atoms with Crippen LogP contribution in [0, 0.1) is 0 Å². The highest BCUT2D eigenvalue weighted by molar-refractivity contribution is 7.13. The predicted molar refractivity (Wildman–Crippen MR) is 109 cm³/mol. The number of hydrogen-bond donors (Lipinski definition) is 0. The van der Waals surface area contributed by atoms with Crippen molar-refractivity contribution in [2.24, 2.45) is 0 Å². The highest BCUT2D eigenvalue weighted by Gasteiger charge is 2.22. The number of benzene rings is 1. The summed E-state index contributed by atoms with van der Waals surface area (Å²) >= 11 is 1.67. The molecule has 3 heterocycles. The van der Waals surface area contributed by atoms with Crippen molar-refractivity contribution in [2.45, 2.75) is 19.5 Å². The molecule has 1 aliphatic heterocycles. The third-order valence-corrected chi connectivity index (χ3v) is 5.82. The molecule has 0 saturated carbocycles. The van der Waals surface area contributed by atoms with E-state index in [1.807, 2.05) is 24.4 Å². The van der Waals surface area contributed by atoms with Gasteiger partial charge in [0, 0.05) is 49.9 Å². The number of rotatable bonds is 6. The van der Waals surface area contributed by atoms with Crippen LogP contribution in [-0.2, 0) is 19.5 Å². The summed E-state index contributed by atoms with van der Waals surface area (Å²) in [5.74, 6) is 3.08. The average Bonchev–Trinajstić information content (AvgIpc) is 3.28. The van der Waals surface area contributed by atoms with Crippen LogP contribution in [0.25, 0.3) is 10.7 Å². The lowest BCUT2D eigenvalue weighted by atomic mass is 10.1. The first-order chi connectivity index (χ1) is 13.7. The van der Waals surface area contributed by atoms with Gasteiger partial charge in [-0.1, -0.05) is 6.07 Å². The number of thiophene rings is 1. The van der Waals surface area contributed by atoms with Crippen molar-refractivity contribution < 1.29 is 14.2 Å². The van der Waals surface area contributed by atoms with Gasteiger partial charge < -0.3 is 14.2 Å². The Morgan fingerprint density at radius 2 is 1.89 bits per heavy atom. The molecular weight excluding hydrogens is 374 g/mol. The van der Waals surface area contributed by atoms with Gasteiger partial charge in [-0.3, -0.25) is 4.90 Å². The highest BCUT2D eigenvalue weighted by Crippen LogP contribution is 2.36. The number of fused-ring (bicyclic) bond motifs is 1. The van der Waals surface area contributed by atoms with E-state index >= 15 is 0 Å². The summed E-state index contributed by atoms with van der Waals surface area (Å²) in [5, 5.41) is 2.05. The summed E-state index contributed by atoms with van der Waals surface area (Å²) in [6.07, 6.45) is 2.86. The van der Waals surface area contributed by atoms with E-state index in [0.717, 1.165) is 65.3 Å². The lowest BCUT2D eigenvalue weighted by Gasteiger charge is -2.29. The molecule has 4 rings (SSSR count). The van der Waals surface area contributed by atoms with Crippen LogP contribution >= 0.6 is 11.3 Å². The van der Waals surface area contributed by atoms with Crippen LogP contribution in [0.4, 0.5) is 0 Å². The lowest BCUT2D eigenvalue weighted by molar-refractivity contribution is 0.234. The second kappa shape index (κ2) is 8.16. The van der Waals surface area contributed by atoms with Crippen LogP contribution in [0.2, 0.25) is 0 Å². The van der Waals surface area contributed by atoms with Crippen LogP contribution in [0.15, 0.2) is 35.8 Å². The Morgan fingerprint density at radius 1 is 1.11 bits per heavy atom. The fourth-order valence-corrected chi connectivity index (χ4v) is 4.16. The number of aromatic nitrogens is 2. The fraction of sp³-hybridized carbons (Fsp3) is 0.333. The molecular formula is C21H23N3O3S. The molecule has 0 atom stereocenters. The van der Waals surface area contributed by atoms with Gasteiger partial charge in [-0.05, 0) is 11.4 Å². The van der Waals surface area contributed by atoms with Gasteiger partial charge in [0.2, 0.25) is 0 Å². The predicted octanol–water partition coefficient (Wildman–Crippen LogP) is 3.79. The van der Waals surface area contributed by atoms with Crippen molar-refractivity contribution in [1.29, 1.82) is 0 Å². The molecule has 0 N–H and O–H groups in total. The SMILES string of the molecule is COc1cc(OC)c(CN2CCc3nc(-c4cccs4)ncc3C2)c(OC)c1. The Bertz CT molecular complexity index is 935. The third-order valence-electron chi connectivity index (χ3n) is 4.95. The van der Waals surface area contributed by atoms with E-state index in [2.05, 4.69) is 21.3 Å². The normalized spacial score (nSPS) is 13.8. The molecule has 0 amide bonds. The molecule has 0 radical (unpaired) electrons. The number of methoxy groups -OCH3 is 3. The van der Waals surface area contributed by atoms with Gasteiger partial charge in [0.05, 0.1) is 37.5 Å². The van der Waals surface area contributed by atoms with Gasteiger partial charge in [0.15, 0.2) is 5.82 Å². The number of nitrogens with zero attached hydrogens (tertiary/aromatic N) is 3. The van der Waals surface area contributed by atoms with Gasteiger partial charge in [-0.15, -0.1) is 11.3 Å². The molecule has 2 aromatic heterocycles. The van der Waals surface area contributed by atoms with Gasteiger partial charge in [0.1, 0.15) is 17.2 Å². The average molecular weight is 398 g/mol. The molecule has 146 valence electrons. The van der Waals surface area contributed by atoms with Gasteiger partial charge in [0.25, 0.3) is 0 Å². The van der Waals surface area contributed by atoms with E-state index in [1.54, 1.807) is 32.7 Å². The summed E-state index contributed by atoms with van der Waals surface area (Å²) in [6, 6.07) is 7.88. The molecule has 0 saturated heterocycles. The maximum Gasteiger partial charge on any atom is 0.169 e. The second-order valence-electron chi connectivity index (χ2n) is 6.61. The van der Waals surface area contributed by atoms with E-state index < -0.39 is 0 Å². The maximum atomic E-state index is 5.59. The van der Waals surface area contributed by atoms with E-state index in [-0.39, 0.29) is 0 Å². The van der Waals surface area contributed by atoms with Crippen LogP contribution in [0.3, 0.4) is 0 Å². The first kappa shape index (κ1) is 18.7. The van der Waals surface area contributed by atoms with Crippen LogP contribution < -0.4 is 14.2 Å². The zero-order chi connectivity index (χ0) is 19.5. The monoisotopic (exact) mass is 397 g/mol. The molecule has 1 aromatic carbocycles. The summed E-state index contributed by atoms with van der Waals surface area (Å²) in [6.45, 7) is 2.45. The van der Waals surface area contributed by atoms with Gasteiger partial charge in [-0.2, -0.15) is 0 Å².